The highest BCUT2D eigenvalue weighted by Gasteiger charge is 2.31. The van der Waals surface area contributed by atoms with E-state index in [9.17, 15) is 8.78 Å². The minimum Gasteiger partial charge on any atom is -0.314 e. The van der Waals surface area contributed by atoms with Gasteiger partial charge in [0.25, 0.3) is 6.43 Å². The number of alkyl halides is 2. The lowest BCUT2D eigenvalue weighted by Gasteiger charge is -2.35. The molecule has 0 radical (unpaired) electrons. The van der Waals surface area contributed by atoms with Gasteiger partial charge in [-0.25, -0.2) is 8.78 Å². The van der Waals surface area contributed by atoms with E-state index in [4.69, 9.17) is 11.6 Å². The largest absolute Gasteiger partial charge is 0.314 e. The smallest absolute Gasteiger partial charge is 0.258 e. The molecule has 1 atom stereocenters. The van der Waals surface area contributed by atoms with Crippen molar-refractivity contribution in [2.24, 2.45) is 0 Å². The summed E-state index contributed by atoms with van der Waals surface area (Å²) in [6, 6.07) is 4.11. The second kappa shape index (κ2) is 6.28. The predicted octanol–water partition coefficient (Wildman–Crippen LogP) is 3.31. The Labute approximate surface area is 118 Å². The van der Waals surface area contributed by atoms with E-state index in [0.29, 0.717) is 28.1 Å². The summed E-state index contributed by atoms with van der Waals surface area (Å²) in [5.74, 6) is 0. The molecule has 0 aliphatic carbocycles. The average molecular weight is 340 g/mol. The van der Waals surface area contributed by atoms with Crippen LogP contribution in [0, 0.1) is 0 Å². The molecule has 1 fully saturated rings. The van der Waals surface area contributed by atoms with Crippen molar-refractivity contribution >= 4 is 27.5 Å². The van der Waals surface area contributed by atoms with E-state index in [1.54, 1.807) is 18.2 Å². The van der Waals surface area contributed by atoms with Crippen molar-refractivity contribution in [3.8, 4) is 0 Å². The minimum absolute atomic E-state index is 0.541. The van der Waals surface area contributed by atoms with Gasteiger partial charge in [0.05, 0.1) is 6.04 Å². The molecule has 1 heterocycles. The van der Waals surface area contributed by atoms with Crippen LogP contribution in [0.1, 0.15) is 11.6 Å². The fourth-order valence-corrected chi connectivity index (χ4v) is 3.11. The minimum atomic E-state index is -2.42. The summed E-state index contributed by atoms with van der Waals surface area (Å²) in [5.41, 5.74) is 0.594. The zero-order valence-corrected chi connectivity index (χ0v) is 12.0. The third-order valence-corrected chi connectivity index (χ3v) is 3.99. The van der Waals surface area contributed by atoms with E-state index in [2.05, 4.69) is 21.2 Å². The molecule has 1 saturated heterocycles. The van der Waals surface area contributed by atoms with Crippen LogP contribution in [-0.2, 0) is 0 Å². The Morgan fingerprint density at radius 3 is 2.50 bits per heavy atom. The SMILES string of the molecule is FC(F)[C@@H](c1ccc(Cl)cc1Br)N1CCNCC1. The lowest BCUT2D eigenvalue weighted by atomic mass is 10.0. The summed E-state index contributed by atoms with van der Waals surface area (Å²) in [4.78, 5) is 1.81. The molecule has 1 aromatic carbocycles. The monoisotopic (exact) mass is 338 g/mol. The molecule has 100 valence electrons. The fraction of sp³-hybridized carbons (Fsp3) is 0.500. The van der Waals surface area contributed by atoms with Gasteiger partial charge in [0.15, 0.2) is 0 Å². The van der Waals surface area contributed by atoms with Crippen molar-refractivity contribution in [1.29, 1.82) is 0 Å². The molecular weight excluding hydrogens is 325 g/mol. The summed E-state index contributed by atoms with van der Waals surface area (Å²) in [7, 11) is 0. The summed E-state index contributed by atoms with van der Waals surface area (Å²) in [6.45, 7) is 2.75. The van der Waals surface area contributed by atoms with E-state index in [-0.39, 0.29) is 0 Å². The first kappa shape index (κ1) is 14.2. The van der Waals surface area contributed by atoms with E-state index >= 15 is 0 Å². The summed E-state index contributed by atoms with van der Waals surface area (Å²) < 4.78 is 27.3. The number of nitrogens with zero attached hydrogens (tertiary/aromatic N) is 1. The molecule has 0 amide bonds. The average Bonchev–Trinajstić information content (AvgIpc) is 2.33. The maximum Gasteiger partial charge on any atom is 0.258 e. The van der Waals surface area contributed by atoms with Crippen LogP contribution in [-0.4, -0.2) is 37.5 Å². The van der Waals surface area contributed by atoms with Gasteiger partial charge in [0.1, 0.15) is 0 Å². The molecule has 2 nitrogen and oxygen atoms in total. The Hall–Kier alpha value is -0.230. The lowest BCUT2D eigenvalue weighted by molar-refractivity contribution is 0.0178. The molecular formula is C12H14BrClF2N2. The van der Waals surface area contributed by atoms with Crippen molar-refractivity contribution in [2.75, 3.05) is 26.2 Å². The molecule has 2 rings (SSSR count). The molecule has 1 aliphatic rings. The molecule has 6 heteroatoms. The molecule has 1 aromatic rings. The van der Waals surface area contributed by atoms with Crippen LogP contribution in [0.4, 0.5) is 8.78 Å². The van der Waals surface area contributed by atoms with Gasteiger partial charge in [-0.1, -0.05) is 33.6 Å². The maximum atomic E-state index is 13.3. The predicted molar refractivity (Wildman–Crippen MR) is 72.3 cm³/mol. The zero-order chi connectivity index (χ0) is 13.1. The highest BCUT2D eigenvalue weighted by Crippen LogP contribution is 2.34. The van der Waals surface area contributed by atoms with Crippen molar-refractivity contribution in [1.82, 2.24) is 10.2 Å². The normalized spacial score (nSPS) is 19.2. The first-order valence-electron chi connectivity index (χ1n) is 5.77. The lowest BCUT2D eigenvalue weighted by Crippen LogP contribution is -2.47. The van der Waals surface area contributed by atoms with Gasteiger partial charge < -0.3 is 5.32 Å². The van der Waals surface area contributed by atoms with Crippen LogP contribution in [0.2, 0.25) is 5.02 Å². The van der Waals surface area contributed by atoms with E-state index in [1.807, 2.05) is 4.90 Å². The standard InChI is InChI=1S/C12H14BrClF2N2/c13-10-7-8(14)1-2-9(10)11(12(15)16)18-5-3-17-4-6-18/h1-2,7,11-12,17H,3-6H2/t11-/m1/s1. The Morgan fingerprint density at radius 2 is 1.94 bits per heavy atom. The van der Waals surface area contributed by atoms with Crippen LogP contribution >= 0.6 is 27.5 Å². The molecule has 0 aromatic heterocycles. The van der Waals surface area contributed by atoms with Crippen molar-refractivity contribution in [3.05, 3.63) is 33.3 Å². The third kappa shape index (κ3) is 3.20. The first-order chi connectivity index (χ1) is 8.59. The molecule has 0 saturated carbocycles. The van der Waals surface area contributed by atoms with Gasteiger partial charge in [-0.05, 0) is 17.7 Å². The van der Waals surface area contributed by atoms with E-state index < -0.39 is 12.5 Å². The number of rotatable bonds is 3. The number of hydrogen-bond acceptors (Lipinski definition) is 2. The van der Waals surface area contributed by atoms with Crippen LogP contribution in [0.3, 0.4) is 0 Å². The molecule has 0 bridgehead atoms. The number of halogens is 4. The van der Waals surface area contributed by atoms with Crippen LogP contribution in [0.25, 0.3) is 0 Å². The Bertz CT molecular complexity index is 411. The Morgan fingerprint density at radius 1 is 1.28 bits per heavy atom. The molecule has 18 heavy (non-hydrogen) atoms. The van der Waals surface area contributed by atoms with Gasteiger partial charge in [0, 0.05) is 35.7 Å². The molecule has 1 aliphatic heterocycles. The van der Waals surface area contributed by atoms with Gasteiger partial charge >= 0.3 is 0 Å². The maximum absolute atomic E-state index is 13.3. The van der Waals surface area contributed by atoms with Crippen molar-refractivity contribution in [2.45, 2.75) is 12.5 Å². The van der Waals surface area contributed by atoms with Gasteiger partial charge in [0.2, 0.25) is 0 Å². The summed E-state index contributed by atoms with van der Waals surface area (Å²) in [5, 5.41) is 3.71. The zero-order valence-electron chi connectivity index (χ0n) is 9.67. The Kier molecular flexibility index (Phi) is 4.95. The van der Waals surface area contributed by atoms with Crippen molar-refractivity contribution < 1.29 is 8.78 Å². The highest BCUT2D eigenvalue weighted by molar-refractivity contribution is 9.10. The summed E-state index contributed by atoms with van der Waals surface area (Å²) in [6.07, 6.45) is -2.42. The topological polar surface area (TPSA) is 15.3 Å². The van der Waals surface area contributed by atoms with E-state index in [0.717, 1.165) is 13.1 Å². The number of piperazine rings is 1. The van der Waals surface area contributed by atoms with E-state index in [1.165, 1.54) is 0 Å². The van der Waals surface area contributed by atoms with Gasteiger partial charge in [-0.3, -0.25) is 4.90 Å². The summed E-state index contributed by atoms with van der Waals surface area (Å²) >= 11 is 9.17. The van der Waals surface area contributed by atoms with Gasteiger partial charge in [-0.15, -0.1) is 0 Å². The van der Waals surface area contributed by atoms with Crippen LogP contribution < -0.4 is 5.32 Å². The number of nitrogens with one attached hydrogen (secondary N) is 1. The van der Waals surface area contributed by atoms with Crippen LogP contribution in [0.5, 0.6) is 0 Å². The molecule has 0 unspecified atom stereocenters. The Balaban J connectivity index is 2.28. The number of benzene rings is 1. The fourth-order valence-electron chi connectivity index (χ4n) is 2.19. The van der Waals surface area contributed by atoms with Crippen molar-refractivity contribution in [3.63, 3.8) is 0 Å². The highest BCUT2D eigenvalue weighted by atomic mass is 79.9. The second-order valence-electron chi connectivity index (χ2n) is 4.23. The third-order valence-electron chi connectivity index (χ3n) is 3.06. The molecule has 1 N–H and O–H groups in total. The first-order valence-corrected chi connectivity index (χ1v) is 6.94. The van der Waals surface area contributed by atoms with Gasteiger partial charge in [-0.2, -0.15) is 0 Å². The molecule has 0 spiro atoms. The van der Waals surface area contributed by atoms with Crippen LogP contribution in [0.15, 0.2) is 22.7 Å². The second-order valence-corrected chi connectivity index (χ2v) is 5.52. The quantitative estimate of drug-likeness (QED) is 0.909. The number of hydrogen-bond donors (Lipinski definition) is 1.